The zero-order valence-electron chi connectivity index (χ0n) is 35.5. The maximum atomic E-state index is 2.65. The summed E-state index contributed by atoms with van der Waals surface area (Å²) in [6.07, 6.45) is 7.96. The fourth-order valence-electron chi connectivity index (χ4n) is 14.4. The molecule has 296 valence electrons. The summed E-state index contributed by atoms with van der Waals surface area (Å²) < 4.78 is 0. The molecule has 0 radical (unpaired) electrons. The van der Waals surface area contributed by atoms with E-state index in [1.165, 1.54) is 134 Å². The Labute approximate surface area is 373 Å². The van der Waals surface area contributed by atoms with E-state index in [9.17, 15) is 0 Å². The van der Waals surface area contributed by atoms with E-state index in [-0.39, 0.29) is 0 Å². The predicted molar refractivity (Wildman–Crippen MR) is 261 cm³/mol. The van der Waals surface area contributed by atoms with Crippen LogP contribution in [0.4, 0.5) is 0 Å². The smallest absolute Gasteiger partial charge is 0.000684 e. The van der Waals surface area contributed by atoms with Crippen molar-refractivity contribution in [2.75, 3.05) is 0 Å². The number of allylic oxidation sites excluding steroid dienone is 8. The van der Waals surface area contributed by atoms with Crippen LogP contribution in [0.3, 0.4) is 0 Å². The molecule has 0 heteroatoms. The Bertz CT molecular complexity index is 3290. The minimum absolute atomic E-state index is 0.974. The first kappa shape index (κ1) is 33.3. The Hall–Kier alpha value is -7.28. The Morgan fingerprint density at radius 1 is 0.172 bits per heavy atom. The number of rotatable bonds is 0. The van der Waals surface area contributed by atoms with Gasteiger partial charge in [0.2, 0.25) is 0 Å². The molecule has 0 aromatic heterocycles. The molecule has 0 saturated heterocycles. The van der Waals surface area contributed by atoms with Crippen molar-refractivity contribution < 1.29 is 0 Å². The third kappa shape index (κ3) is 4.08. The van der Waals surface area contributed by atoms with Gasteiger partial charge in [-0.3, -0.25) is 0 Å². The van der Waals surface area contributed by atoms with E-state index in [1.54, 1.807) is 44.6 Å². The summed E-state index contributed by atoms with van der Waals surface area (Å²) in [7, 11) is 0. The fourth-order valence-corrected chi connectivity index (χ4v) is 14.4. The predicted octanol–water partition coefficient (Wildman–Crippen LogP) is 14.3. The van der Waals surface area contributed by atoms with Crippen LogP contribution in [-0.4, -0.2) is 0 Å². The first-order chi connectivity index (χ1) is 31.7. The number of hydrogen-bond acceptors (Lipinski definition) is 0. The van der Waals surface area contributed by atoms with Gasteiger partial charge in [0.1, 0.15) is 0 Å². The van der Waals surface area contributed by atoms with Crippen LogP contribution < -0.4 is 0 Å². The van der Waals surface area contributed by atoms with E-state index in [0.717, 1.165) is 51.4 Å². The molecule has 0 nitrogen and oxygen atoms in total. The van der Waals surface area contributed by atoms with Gasteiger partial charge >= 0.3 is 0 Å². The van der Waals surface area contributed by atoms with Crippen molar-refractivity contribution in [3.05, 3.63) is 257 Å². The summed E-state index contributed by atoms with van der Waals surface area (Å²) in [6, 6.07) is 57.6. The van der Waals surface area contributed by atoms with Gasteiger partial charge in [0.05, 0.1) is 0 Å². The van der Waals surface area contributed by atoms with Crippen molar-refractivity contribution in [2.24, 2.45) is 0 Å². The second-order valence-electron chi connectivity index (χ2n) is 20.1. The van der Waals surface area contributed by atoms with Gasteiger partial charge in [0.25, 0.3) is 0 Å². The lowest BCUT2D eigenvalue weighted by Gasteiger charge is -2.23. The molecule has 0 fully saturated rings. The topological polar surface area (TPSA) is 0 Å². The molecule has 8 aromatic rings. The molecule has 17 rings (SSSR count). The van der Waals surface area contributed by atoms with Crippen molar-refractivity contribution in [1.82, 2.24) is 0 Å². The maximum absolute atomic E-state index is 2.65. The molecule has 0 spiro atoms. The highest BCUT2D eigenvalue weighted by Crippen LogP contribution is 2.62. The van der Waals surface area contributed by atoms with Gasteiger partial charge in [0, 0.05) is 0 Å². The molecule has 0 heterocycles. The average Bonchev–Trinajstić information content (AvgIpc) is 4.20. The second-order valence-corrected chi connectivity index (χ2v) is 20.1. The lowest BCUT2D eigenvalue weighted by atomic mass is 9.80. The summed E-state index contributed by atoms with van der Waals surface area (Å²) in [4.78, 5) is 0. The van der Waals surface area contributed by atoms with Crippen molar-refractivity contribution in [2.45, 2.75) is 51.4 Å². The molecular formula is C64H40. The first-order valence-corrected chi connectivity index (χ1v) is 23.6. The summed E-state index contributed by atoms with van der Waals surface area (Å²) in [6.45, 7) is 0. The van der Waals surface area contributed by atoms with Gasteiger partial charge in [-0.1, -0.05) is 97.1 Å². The van der Waals surface area contributed by atoms with E-state index < -0.39 is 0 Å². The first-order valence-electron chi connectivity index (χ1n) is 23.6. The zero-order valence-corrected chi connectivity index (χ0v) is 35.5. The van der Waals surface area contributed by atoms with Crippen molar-refractivity contribution in [3.63, 3.8) is 0 Å². The van der Waals surface area contributed by atoms with Crippen LogP contribution in [-0.2, 0) is 51.4 Å². The SMILES string of the molecule is c1ccc2c(c1)Cc1cc3c(cc1-2)CC1=C3C2=C(C3=C(C4=C1c1cc5c(cc1C4)-c1ccccc1C5)c1cc4c(cc1C3)-c1ccccc1C4)c1cc3c(cc1C2)-c1ccccc1C3. The lowest BCUT2D eigenvalue weighted by Crippen LogP contribution is -2.03. The van der Waals surface area contributed by atoms with Crippen LogP contribution in [0.5, 0.6) is 0 Å². The molecule has 0 saturated carbocycles. The van der Waals surface area contributed by atoms with Crippen LogP contribution >= 0.6 is 0 Å². The van der Waals surface area contributed by atoms with E-state index in [1.807, 2.05) is 0 Å². The Balaban J connectivity index is 0.948. The van der Waals surface area contributed by atoms with Crippen LogP contribution in [0, 0.1) is 0 Å². The Morgan fingerprint density at radius 3 is 0.625 bits per heavy atom. The third-order valence-electron chi connectivity index (χ3n) is 17.0. The van der Waals surface area contributed by atoms with Crippen molar-refractivity contribution >= 4 is 22.3 Å². The van der Waals surface area contributed by atoms with Crippen LogP contribution in [0.25, 0.3) is 66.8 Å². The van der Waals surface area contributed by atoms with E-state index in [0.29, 0.717) is 0 Å². The normalized spacial score (nSPS) is 17.2. The highest BCUT2D eigenvalue weighted by atomic mass is 14.5. The van der Waals surface area contributed by atoms with Gasteiger partial charge in [-0.25, -0.2) is 0 Å². The van der Waals surface area contributed by atoms with E-state index in [4.69, 9.17) is 0 Å². The molecule has 64 heavy (non-hydrogen) atoms. The van der Waals surface area contributed by atoms with Gasteiger partial charge in [-0.2, -0.15) is 0 Å². The van der Waals surface area contributed by atoms with Crippen LogP contribution in [0.2, 0.25) is 0 Å². The minimum atomic E-state index is 0.974. The molecule has 0 atom stereocenters. The quantitative estimate of drug-likeness (QED) is 0.143. The van der Waals surface area contributed by atoms with E-state index in [2.05, 4.69) is 146 Å². The second kappa shape index (κ2) is 11.4. The number of fused-ring (bicyclic) bond motifs is 24. The molecule has 0 bridgehead atoms. The van der Waals surface area contributed by atoms with Crippen molar-refractivity contribution in [1.29, 1.82) is 0 Å². The summed E-state index contributed by atoms with van der Waals surface area (Å²) >= 11 is 0. The zero-order chi connectivity index (χ0) is 41.1. The summed E-state index contributed by atoms with van der Waals surface area (Å²) in [5.74, 6) is 0. The molecule has 9 aliphatic rings. The van der Waals surface area contributed by atoms with Crippen LogP contribution in [0.15, 0.2) is 168 Å². The summed E-state index contributed by atoms with van der Waals surface area (Å²) in [5.41, 5.74) is 47.8. The van der Waals surface area contributed by atoms with Gasteiger partial charge < -0.3 is 0 Å². The molecule has 8 aromatic carbocycles. The monoisotopic (exact) mass is 808 g/mol. The standard InChI is InChI=1S/C64H40/c1-5-13-45-33(9-1)17-37-25-53-41(21-49(37)45)29-57-61(53)58-30-42-22-50-39(19-35-11-2-6-14-46(35)50)27-55(42)63(58)60-32-44-24-52-40(20-36-12-4-8-16-48(36)52)28-56(44)64(60)59-31-43-23-51-38(26-54(43)62(57)59)18-34-10-3-7-15-47(34)51/h1-16,21-28H,17-20,29-32H2. The maximum Gasteiger partial charge on any atom is -0.000684 e. The minimum Gasteiger partial charge on any atom is -0.0619 e. The molecule has 0 amide bonds. The average molecular weight is 809 g/mol. The van der Waals surface area contributed by atoms with Crippen molar-refractivity contribution in [3.8, 4) is 44.5 Å². The Morgan fingerprint density at radius 2 is 0.375 bits per heavy atom. The Kier molecular flexibility index (Phi) is 5.96. The third-order valence-corrected chi connectivity index (χ3v) is 17.0. The van der Waals surface area contributed by atoms with Gasteiger partial charge in [-0.05, 0) is 278 Å². The molecule has 0 aliphatic heterocycles. The number of benzene rings is 8. The number of hydrogen-bond donors (Lipinski definition) is 0. The molecule has 0 unspecified atom stereocenters. The highest BCUT2D eigenvalue weighted by Gasteiger charge is 2.44. The molecular weight excluding hydrogens is 769 g/mol. The largest absolute Gasteiger partial charge is 0.0619 e. The van der Waals surface area contributed by atoms with E-state index >= 15 is 0 Å². The van der Waals surface area contributed by atoms with Crippen LogP contribution in [0.1, 0.15) is 89.0 Å². The molecule has 9 aliphatic carbocycles. The molecule has 0 N–H and O–H groups in total. The van der Waals surface area contributed by atoms with Gasteiger partial charge in [-0.15, -0.1) is 0 Å². The lowest BCUT2D eigenvalue weighted by molar-refractivity contribution is 1.22. The highest BCUT2D eigenvalue weighted by molar-refractivity contribution is 6.17. The summed E-state index contributed by atoms with van der Waals surface area (Å²) in [5, 5.41) is 0. The fraction of sp³-hybridized carbons (Fsp3) is 0.125. The van der Waals surface area contributed by atoms with Gasteiger partial charge in [0.15, 0.2) is 0 Å².